The van der Waals surface area contributed by atoms with Gasteiger partial charge in [-0.15, -0.1) is 0 Å². The monoisotopic (exact) mass is 338 g/mol. The van der Waals surface area contributed by atoms with Crippen LogP contribution in [0.3, 0.4) is 0 Å². The molecule has 118 valence electrons. The molecule has 0 fully saturated rings. The molecule has 0 unspecified atom stereocenters. The van der Waals surface area contributed by atoms with Crippen LogP contribution in [-0.4, -0.2) is 51.0 Å². The molecule has 2 N–H and O–H groups in total. The van der Waals surface area contributed by atoms with Crippen molar-refractivity contribution >= 4 is 27.6 Å². The van der Waals surface area contributed by atoms with Crippen LogP contribution < -0.4 is 5.32 Å². The minimum atomic E-state index is -3.97. The van der Waals surface area contributed by atoms with E-state index in [9.17, 15) is 17.6 Å². The summed E-state index contributed by atoms with van der Waals surface area (Å²) in [6.45, 7) is 0.838. The largest absolute Gasteiger partial charge is 0.478 e. The number of carboxylic acids is 1. The SMILES string of the molecule is CNCCCN(C)S(=O)(=O)c1cc(F)c(Cl)c(C(=O)O)c1. The number of hydrogen-bond acceptors (Lipinski definition) is 4. The van der Waals surface area contributed by atoms with E-state index in [1.165, 1.54) is 7.05 Å². The van der Waals surface area contributed by atoms with Crippen molar-refractivity contribution in [3.63, 3.8) is 0 Å². The smallest absolute Gasteiger partial charge is 0.337 e. The van der Waals surface area contributed by atoms with Crippen LogP contribution in [0, 0.1) is 5.82 Å². The number of aromatic carboxylic acids is 1. The molecule has 0 aliphatic heterocycles. The lowest BCUT2D eigenvalue weighted by Crippen LogP contribution is -2.29. The van der Waals surface area contributed by atoms with E-state index < -0.39 is 37.3 Å². The van der Waals surface area contributed by atoms with Gasteiger partial charge in [0, 0.05) is 13.6 Å². The van der Waals surface area contributed by atoms with Crippen molar-refractivity contribution in [3.8, 4) is 0 Å². The Kier molecular flexibility index (Phi) is 6.09. The lowest BCUT2D eigenvalue weighted by Gasteiger charge is -2.17. The second-order valence-corrected chi connectivity index (χ2v) is 6.78. The van der Waals surface area contributed by atoms with Crippen LogP contribution in [0.1, 0.15) is 16.8 Å². The van der Waals surface area contributed by atoms with Crippen LogP contribution >= 0.6 is 11.6 Å². The maximum Gasteiger partial charge on any atom is 0.337 e. The maximum absolute atomic E-state index is 13.6. The van der Waals surface area contributed by atoms with Crippen molar-refractivity contribution in [1.82, 2.24) is 9.62 Å². The fourth-order valence-electron chi connectivity index (χ4n) is 1.65. The fraction of sp³-hybridized carbons (Fsp3) is 0.417. The number of nitrogens with zero attached hydrogens (tertiary/aromatic N) is 1. The molecule has 0 saturated heterocycles. The number of hydrogen-bond donors (Lipinski definition) is 2. The van der Waals surface area contributed by atoms with Crippen LogP contribution in [0.25, 0.3) is 0 Å². The van der Waals surface area contributed by atoms with E-state index in [1.807, 2.05) is 0 Å². The predicted octanol–water partition coefficient (Wildman–Crippen LogP) is 1.41. The van der Waals surface area contributed by atoms with Crippen molar-refractivity contribution in [2.24, 2.45) is 0 Å². The molecule has 0 aromatic heterocycles. The summed E-state index contributed by atoms with van der Waals surface area (Å²) >= 11 is 5.52. The van der Waals surface area contributed by atoms with Gasteiger partial charge in [-0.25, -0.2) is 21.9 Å². The first kappa shape index (κ1) is 17.8. The summed E-state index contributed by atoms with van der Waals surface area (Å²) in [5.74, 6) is -2.58. The molecule has 21 heavy (non-hydrogen) atoms. The van der Waals surface area contributed by atoms with Gasteiger partial charge in [-0.05, 0) is 32.1 Å². The first-order valence-corrected chi connectivity index (χ1v) is 7.87. The third kappa shape index (κ3) is 4.13. The minimum absolute atomic E-state index is 0.218. The molecule has 1 aromatic rings. The van der Waals surface area contributed by atoms with Gasteiger partial charge < -0.3 is 10.4 Å². The summed E-state index contributed by atoms with van der Waals surface area (Å²) in [7, 11) is -0.888. The van der Waals surface area contributed by atoms with E-state index in [4.69, 9.17) is 16.7 Å². The molecule has 0 atom stereocenters. The van der Waals surface area contributed by atoms with Crippen LogP contribution in [0.4, 0.5) is 4.39 Å². The van der Waals surface area contributed by atoms with Gasteiger partial charge in [0.15, 0.2) is 0 Å². The van der Waals surface area contributed by atoms with Gasteiger partial charge in [-0.2, -0.15) is 0 Å². The molecule has 1 aromatic carbocycles. The van der Waals surface area contributed by atoms with Crippen LogP contribution in [-0.2, 0) is 10.0 Å². The summed E-state index contributed by atoms with van der Waals surface area (Å²) < 4.78 is 39.2. The van der Waals surface area contributed by atoms with E-state index in [0.717, 1.165) is 16.4 Å². The average molecular weight is 339 g/mol. The highest BCUT2D eigenvalue weighted by Gasteiger charge is 2.25. The Morgan fingerprint density at radius 2 is 2.10 bits per heavy atom. The summed E-state index contributed by atoms with van der Waals surface area (Å²) in [6, 6.07) is 1.58. The van der Waals surface area contributed by atoms with E-state index in [-0.39, 0.29) is 6.54 Å². The minimum Gasteiger partial charge on any atom is -0.478 e. The predicted molar refractivity (Wildman–Crippen MR) is 76.7 cm³/mol. The molecule has 6 nitrogen and oxygen atoms in total. The molecule has 0 radical (unpaired) electrons. The normalized spacial score (nSPS) is 11.9. The Balaban J connectivity index is 3.17. The van der Waals surface area contributed by atoms with Crippen molar-refractivity contribution < 1.29 is 22.7 Å². The number of nitrogens with one attached hydrogen (secondary N) is 1. The van der Waals surface area contributed by atoms with Gasteiger partial charge in [-0.1, -0.05) is 11.6 Å². The standard InChI is InChI=1S/C12H16ClFN2O4S/c1-15-4-3-5-16(2)21(19,20)8-6-9(12(17)18)11(13)10(14)7-8/h6-7,15H,3-5H2,1-2H3,(H,17,18). The summed E-state index contributed by atoms with van der Waals surface area (Å²) in [6.07, 6.45) is 0.564. The van der Waals surface area contributed by atoms with Gasteiger partial charge in [-0.3, -0.25) is 0 Å². The lowest BCUT2D eigenvalue weighted by molar-refractivity contribution is 0.0696. The van der Waals surface area contributed by atoms with Crippen molar-refractivity contribution in [1.29, 1.82) is 0 Å². The molecule has 0 heterocycles. The Labute approximate surface area is 127 Å². The maximum atomic E-state index is 13.6. The molecule has 0 aliphatic rings. The van der Waals surface area contributed by atoms with Crippen molar-refractivity contribution in [3.05, 3.63) is 28.5 Å². The highest BCUT2D eigenvalue weighted by atomic mass is 35.5. The Morgan fingerprint density at radius 1 is 1.48 bits per heavy atom. The highest BCUT2D eigenvalue weighted by molar-refractivity contribution is 7.89. The summed E-state index contributed by atoms with van der Waals surface area (Å²) in [5, 5.41) is 11.2. The summed E-state index contributed by atoms with van der Waals surface area (Å²) in [4.78, 5) is 10.5. The van der Waals surface area contributed by atoms with Crippen molar-refractivity contribution in [2.75, 3.05) is 27.2 Å². The van der Waals surface area contributed by atoms with Gasteiger partial charge in [0.05, 0.1) is 15.5 Å². The molecule has 0 bridgehead atoms. The highest BCUT2D eigenvalue weighted by Crippen LogP contribution is 2.26. The number of carbonyl (C=O) groups is 1. The Hall–Kier alpha value is -1.22. The molecule has 0 aliphatic carbocycles. The molecule has 0 saturated carbocycles. The first-order chi connectivity index (χ1) is 9.71. The lowest BCUT2D eigenvalue weighted by atomic mass is 10.2. The first-order valence-electron chi connectivity index (χ1n) is 6.05. The van der Waals surface area contributed by atoms with Gasteiger partial charge in [0.25, 0.3) is 0 Å². The third-order valence-corrected chi connectivity index (χ3v) is 5.06. The molecule has 9 heteroatoms. The number of rotatable bonds is 7. The zero-order valence-corrected chi connectivity index (χ0v) is 13.1. The Morgan fingerprint density at radius 3 is 2.62 bits per heavy atom. The van der Waals surface area contributed by atoms with E-state index in [2.05, 4.69) is 5.32 Å². The zero-order chi connectivity index (χ0) is 16.2. The third-order valence-electron chi connectivity index (χ3n) is 2.84. The zero-order valence-electron chi connectivity index (χ0n) is 11.6. The van der Waals surface area contributed by atoms with Gasteiger partial charge in [0.1, 0.15) is 5.82 Å². The molecular formula is C12H16ClFN2O4S. The second-order valence-electron chi connectivity index (χ2n) is 4.36. The van der Waals surface area contributed by atoms with Crippen LogP contribution in [0.5, 0.6) is 0 Å². The molecular weight excluding hydrogens is 323 g/mol. The van der Waals surface area contributed by atoms with Crippen LogP contribution in [0.15, 0.2) is 17.0 Å². The van der Waals surface area contributed by atoms with Gasteiger partial charge >= 0.3 is 5.97 Å². The fourth-order valence-corrected chi connectivity index (χ4v) is 3.09. The molecule has 0 spiro atoms. The Bertz CT molecular complexity index is 636. The molecule has 1 rings (SSSR count). The second kappa shape index (κ2) is 7.17. The quantitative estimate of drug-likeness (QED) is 0.734. The number of halogens is 2. The number of benzene rings is 1. The number of carboxylic acid groups (broad SMARTS) is 1. The summed E-state index contributed by atoms with van der Waals surface area (Å²) in [5.41, 5.74) is -0.584. The van der Waals surface area contributed by atoms with Crippen LogP contribution in [0.2, 0.25) is 5.02 Å². The topological polar surface area (TPSA) is 86.7 Å². The number of sulfonamides is 1. The van der Waals surface area contributed by atoms with Gasteiger partial charge in [0.2, 0.25) is 10.0 Å². The van der Waals surface area contributed by atoms with E-state index in [1.54, 1.807) is 7.05 Å². The molecule has 0 amide bonds. The van der Waals surface area contributed by atoms with E-state index in [0.29, 0.717) is 13.0 Å². The van der Waals surface area contributed by atoms with E-state index >= 15 is 0 Å². The average Bonchev–Trinajstić information content (AvgIpc) is 2.41. The van der Waals surface area contributed by atoms with Crippen molar-refractivity contribution in [2.45, 2.75) is 11.3 Å².